The van der Waals surface area contributed by atoms with Gasteiger partial charge in [-0.05, 0) is 36.8 Å². The molecule has 0 saturated carbocycles. The first kappa shape index (κ1) is 15.5. The van der Waals surface area contributed by atoms with Crippen LogP contribution in [-0.4, -0.2) is 15.3 Å². The molecule has 4 aromatic rings. The van der Waals surface area contributed by atoms with Gasteiger partial charge in [-0.25, -0.2) is 9.37 Å². The number of amides is 1. The molecule has 0 radical (unpaired) electrons. The number of nitrogens with zero attached hydrogens (tertiary/aromatic N) is 2. The molecule has 2 heterocycles. The zero-order chi connectivity index (χ0) is 17.4. The van der Waals surface area contributed by atoms with Crippen LogP contribution in [0, 0.1) is 12.7 Å². The number of fused-ring (bicyclic) bond motifs is 1. The molecule has 0 spiro atoms. The van der Waals surface area contributed by atoms with Crippen LogP contribution in [0.4, 0.5) is 10.1 Å². The van der Waals surface area contributed by atoms with Gasteiger partial charge in [0.2, 0.25) is 0 Å². The second-order valence-electron chi connectivity index (χ2n) is 5.71. The van der Waals surface area contributed by atoms with Gasteiger partial charge in [-0.3, -0.25) is 9.20 Å². The van der Waals surface area contributed by atoms with E-state index >= 15 is 0 Å². The molecule has 1 N–H and O–H groups in total. The fourth-order valence-corrected chi connectivity index (χ4v) is 3.23. The van der Waals surface area contributed by atoms with Gasteiger partial charge in [-0.2, -0.15) is 0 Å². The van der Waals surface area contributed by atoms with E-state index in [-0.39, 0.29) is 11.7 Å². The maximum Gasteiger partial charge on any atom is 0.255 e. The largest absolute Gasteiger partial charge is 0.322 e. The van der Waals surface area contributed by atoms with Gasteiger partial charge < -0.3 is 5.32 Å². The second-order valence-corrected chi connectivity index (χ2v) is 6.59. The number of benzene rings is 2. The van der Waals surface area contributed by atoms with E-state index in [1.54, 1.807) is 30.4 Å². The average molecular weight is 351 g/mol. The molecular formula is C19H14FN3OS. The standard InChI is InChI=1S/C19H14FN3OS/c1-12-2-3-14(10-16(12)20)18(24)21-15-6-4-13(5-7-15)17-11-23-8-9-25-19(23)22-17/h2-11H,1H3,(H,21,24). The van der Waals surface area contributed by atoms with E-state index in [4.69, 9.17) is 0 Å². The number of anilines is 1. The third-order valence-corrected chi connectivity index (χ3v) is 4.74. The number of carbonyl (C=O) groups excluding carboxylic acids is 1. The molecule has 0 fully saturated rings. The van der Waals surface area contributed by atoms with Crippen molar-refractivity contribution in [2.24, 2.45) is 0 Å². The third-order valence-electron chi connectivity index (χ3n) is 3.97. The molecule has 124 valence electrons. The first-order valence-corrected chi connectivity index (χ1v) is 8.58. The molecule has 0 aliphatic carbocycles. The molecular weight excluding hydrogens is 337 g/mol. The predicted molar refractivity (Wildman–Crippen MR) is 97.6 cm³/mol. The summed E-state index contributed by atoms with van der Waals surface area (Å²) in [6, 6.07) is 11.9. The Morgan fingerprint density at radius 1 is 1.20 bits per heavy atom. The van der Waals surface area contributed by atoms with E-state index in [1.807, 2.05) is 46.4 Å². The summed E-state index contributed by atoms with van der Waals surface area (Å²) < 4.78 is 15.6. The quantitative estimate of drug-likeness (QED) is 0.578. The van der Waals surface area contributed by atoms with Crippen LogP contribution >= 0.6 is 11.3 Å². The van der Waals surface area contributed by atoms with E-state index < -0.39 is 0 Å². The highest BCUT2D eigenvalue weighted by molar-refractivity contribution is 7.15. The Kier molecular flexibility index (Phi) is 3.82. The number of thiazole rings is 1. The molecule has 0 aliphatic rings. The minimum absolute atomic E-state index is 0.293. The maximum atomic E-state index is 13.6. The van der Waals surface area contributed by atoms with Crippen molar-refractivity contribution >= 4 is 27.9 Å². The lowest BCUT2D eigenvalue weighted by atomic mass is 10.1. The van der Waals surface area contributed by atoms with Crippen molar-refractivity contribution in [1.29, 1.82) is 0 Å². The number of aryl methyl sites for hydroxylation is 1. The number of imidazole rings is 1. The number of carbonyl (C=O) groups is 1. The van der Waals surface area contributed by atoms with Crippen molar-refractivity contribution < 1.29 is 9.18 Å². The van der Waals surface area contributed by atoms with E-state index in [0.717, 1.165) is 16.2 Å². The van der Waals surface area contributed by atoms with Crippen LogP contribution in [-0.2, 0) is 0 Å². The fraction of sp³-hybridized carbons (Fsp3) is 0.0526. The minimum Gasteiger partial charge on any atom is -0.322 e. The SMILES string of the molecule is Cc1ccc(C(=O)Nc2ccc(-c3cn4ccsc4n3)cc2)cc1F. The first-order valence-electron chi connectivity index (χ1n) is 7.70. The summed E-state index contributed by atoms with van der Waals surface area (Å²) in [6.07, 6.45) is 3.93. The summed E-state index contributed by atoms with van der Waals surface area (Å²) in [5, 5.41) is 4.76. The monoisotopic (exact) mass is 351 g/mol. The minimum atomic E-state index is -0.386. The topological polar surface area (TPSA) is 46.4 Å². The Morgan fingerprint density at radius 2 is 2.00 bits per heavy atom. The highest BCUT2D eigenvalue weighted by atomic mass is 32.1. The van der Waals surface area contributed by atoms with Crippen molar-refractivity contribution in [3.63, 3.8) is 0 Å². The highest BCUT2D eigenvalue weighted by Gasteiger charge is 2.09. The Bertz CT molecular complexity index is 1040. The highest BCUT2D eigenvalue weighted by Crippen LogP contribution is 2.23. The van der Waals surface area contributed by atoms with Crippen LogP contribution in [0.2, 0.25) is 0 Å². The van der Waals surface area contributed by atoms with Gasteiger partial charge in [-0.15, -0.1) is 11.3 Å². The van der Waals surface area contributed by atoms with Crippen molar-refractivity contribution in [2.45, 2.75) is 6.92 Å². The molecule has 2 aromatic heterocycles. The Balaban J connectivity index is 1.52. The number of hydrogen-bond donors (Lipinski definition) is 1. The summed E-state index contributed by atoms with van der Waals surface area (Å²) >= 11 is 1.58. The van der Waals surface area contributed by atoms with E-state index in [1.165, 1.54) is 6.07 Å². The van der Waals surface area contributed by atoms with Crippen LogP contribution in [0.3, 0.4) is 0 Å². The Labute approximate surface area is 147 Å². The van der Waals surface area contributed by atoms with E-state index in [0.29, 0.717) is 16.8 Å². The molecule has 0 unspecified atom stereocenters. The molecule has 6 heteroatoms. The third kappa shape index (κ3) is 3.04. The van der Waals surface area contributed by atoms with E-state index in [9.17, 15) is 9.18 Å². The molecule has 4 rings (SSSR count). The lowest BCUT2D eigenvalue weighted by Crippen LogP contribution is -2.12. The Morgan fingerprint density at radius 3 is 2.72 bits per heavy atom. The smallest absolute Gasteiger partial charge is 0.255 e. The van der Waals surface area contributed by atoms with Gasteiger partial charge in [0.25, 0.3) is 5.91 Å². The lowest BCUT2D eigenvalue weighted by molar-refractivity contribution is 0.102. The lowest BCUT2D eigenvalue weighted by Gasteiger charge is -2.07. The summed E-state index contributed by atoms with van der Waals surface area (Å²) in [5.74, 6) is -0.725. The van der Waals surface area contributed by atoms with Gasteiger partial charge in [-0.1, -0.05) is 18.2 Å². The predicted octanol–water partition coefficient (Wildman–Crippen LogP) is 4.76. The number of rotatable bonds is 3. The van der Waals surface area contributed by atoms with Crippen molar-refractivity contribution in [1.82, 2.24) is 9.38 Å². The van der Waals surface area contributed by atoms with Gasteiger partial charge in [0.15, 0.2) is 4.96 Å². The van der Waals surface area contributed by atoms with Gasteiger partial charge in [0, 0.05) is 34.6 Å². The summed E-state index contributed by atoms with van der Waals surface area (Å²) in [7, 11) is 0. The molecule has 0 bridgehead atoms. The summed E-state index contributed by atoms with van der Waals surface area (Å²) in [6.45, 7) is 1.66. The normalized spacial score (nSPS) is 11.0. The van der Waals surface area contributed by atoms with Crippen LogP contribution in [0.5, 0.6) is 0 Å². The van der Waals surface area contributed by atoms with Crippen molar-refractivity contribution in [3.8, 4) is 11.3 Å². The van der Waals surface area contributed by atoms with Gasteiger partial charge in [0.1, 0.15) is 5.82 Å². The molecule has 1 amide bonds. The van der Waals surface area contributed by atoms with Crippen LogP contribution in [0.25, 0.3) is 16.2 Å². The van der Waals surface area contributed by atoms with Gasteiger partial charge in [0.05, 0.1) is 5.69 Å². The number of halogens is 1. The van der Waals surface area contributed by atoms with Crippen LogP contribution < -0.4 is 5.32 Å². The zero-order valence-corrected chi connectivity index (χ0v) is 14.2. The summed E-state index contributed by atoms with van der Waals surface area (Å²) in [4.78, 5) is 17.7. The van der Waals surface area contributed by atoms with E-state index in [2.05, 4.69) is 10.3 Å². The second kappa shape index (κ2) is 6.14. The molecule has 2 aromatic carbocycles. The molecule has 0 aliphatic heterocycles. The number of aromatic nitrogens is 2. The first-order chi connectivity index (χ1) is 12.1. The zero-order valence-electron chi connectivity index (χ0n) is 13.4. The van der Waals surface area contributed by atoms with Crippen LogP contribution in [0.15, 0.2) is 60.2 Å². The molecule has 0 saturated heterocycles. The Hall–Kier alpha value is -2.99. The summed E-state index contributed by atoms with van der Waals surface area (Å²) in [5.41, 5.74) is 3.30. The maximum absolute atomic E-state index is 13.6. The fourth-order valence-electron chi connectivity index (χ4n) is 2.53. The van der Waals surface area contributed by atoms with Crippen molar-refractivity contribution in [3.05, 3.63) is 77.2 Å². The number of hydrogen-bond acceptors (Lipinski definition) is 3. The molecule has 4 nitrogen and oxygen atoms in total. The average Bonchev–Trinajstić information content (AvgIpc) is 3.20. The molecule has 25 heavy (non-hydrogen) atoms. The van der Waals surface area contributed by atoms with Crippen molar-refractivity contribution in [2.75, 3.05) is 5.32 Å². The number of nitrogens with one attached hydrogen (secondary N) is 1. The molecule has 0 atom stereocenters. The van der Waals surface area contributed by atoms with Crippen LogP contribution in [0.1, 0.15) is 15.9 Å². The van der Waals surface area contributed by atoms with Gasteiger partial charge >= 0.3 is 0 Å².